The van der Waals surface area contributed by atoms with Gasteiger partial charge in [-0.05, 0) is 12.1 Å². The number of anilines is 1. The number of hydrogen-bond donors (Lipinski definition) is 3. The number of para-hydroxylation sites is 1. The molecule has 0 fully saturated rings. The van der Waals surface area contributed by atoms with E-state index in [1.807, 2.05) is 18.2 Å². The fraction of sp³-hybridized carbons (Fsp3) is 0.385. The molecule has 21 heavy (non-hydrogen) atoms. The maximum atomic E-state index is 11.8. The lowest BCUT2D eigenvalue weighted by Gasteiger charge is -2.10. The van der Waals surface area contributed by atoms with Crippen molar-refractivity contribution < 1.29 is 14.3 Å². The van der Waals surface area contributed by atoms with E-state index in [0.29, 0.717) is 18.8 Å². The van der Waals surface area contributed by atoms with Gasteiger partial charge in [0.15, 0.2) is 0 Å². The van der Waals surface area contributed by atoms with E-state index in [1.165, 1.54) is 11.8 Å². The normalized spacial score (nSPS) is 9.76. The second-order valence-electron chi connectivity index (χ2n) is 3.97. The van der Waals surface area contributed by atoms with Crippen molar-refractivity contribution in [2.75, 3.05) is 37.9 Å². The molecule has 8 heteroatoms. The zero-order valence-electron chi connectivity index (χ0n) is 11.8. The molecule has 0 aliphatic rings. The summed E-state index contributed by atoms with van der Waals surface area (Å²) in [6.45, 7) is 1.37. The molecule has 0 aromatic heterocycles. The summed E-state index contributed by atoms with van der Waals surface area (Å²) in [7, 11) is 1.61. The first-order valence-electron chi connectivity index (χ1n) is 6.13. The second-order valence-corrected chi connectivity index (χ2v) is 4.99. The maximum Gasteiger partial charge on any atom is 0.238 e. The van der Waals surface area contributed by atoms with Crippen molar-refractivity contribution in [1.82, 2.24) is 5.32 Å². The maximum absolute atomic E-state index is 11.8. The van der Waals surface area contributed by atoms with E-state index >= 15 is 0 Å². The molecule has 0 heterocycles. The Bertz CT molecular complexity index is 460. The number of methoxy groups -OCH3 is 1. The Kier molecular flexibility index (Phi) is 10.7. The summed E-state index contributed by atoms with van der Waals surface area (Å²) in [4.78, 5) is 23.4. The van der Waals surface area contributed by atoms with Crippen molar-refractivity contribution in [1.29, 1.82) is 0 Å². The first-order chi connectivity index (χ1) is 9.63. The van der Waals surface area contributed by atoms with Gasteiger partial charge >= 0.3 is 0 Å². The third kappa shape index (κ3) is 8.56. The summed E-state index contributed by atoms with van der Waals surface area (Å²) in [6.07, 6.45) is 0. The molecule has 1 aromatic carbocycles. The fourth-order valence-corrected chi connectivity index (χ4v) is 2.16. The van der Waals surface area contributed by atoms with Crippen LogP contribution in [0.1, 0.15) is 0 Å². The lowest BCUT2D eigenvalue weighted by Crippen LogP contribution is -2.30. The number of thioether (sulfide) groups is 1. The summed E-state index contributed by atoms with van der Waals surface area (Å²) in [5.74, 6) is -0.357. The summed E-state index contributed by atoms with van der Waals surface area (Å²) in [5.41, 5.74) is 5.79. The highest BCUT2D eigenvalue weighted by molar-refractivity contribution is 8.00. The van der Waals surface area contributed by atoms with Crippen LogP contribution in [0.4, 0.5) is 5.69 Å². The average Bonchev–Trinajstić information content (AvgIpc) is 2.42. The average molecular weight is 334 g/mol. The summed E-state index contributed by atoms with van der Waals surface area (Å²) in [6, 6.07) is 7.29. The van der Waals surface area contributed by atoms with Crippen LogP contribution in [0.3, 0.4) is 0 Å². The predicted octanol–water partition coefficient (Wildman–Crippen LogP) is 0.860. The molecule has 0 radical (unpaired) electrons. The van der Waals surface area contributed by atoms with Gasteiger partial charge in [0, 0.05) is 18.6 Å². The number of nitrogens with one attached hydrogen (secondary N) is 2. The SMILES string of the molecule is COCCNCC(=O)Nc1ccccc1SCC(N)=O.Cl. The molecular weight excluding hydrogens is 314 g/mol. The van der Waals surface area contributed by atoms with Crippen molar-refractivity contribution >= 4 is 41.7 Å². The third-order valence-electron chi connectivity index (χ3n) is 2.30. The van der Waals surface area contributed by atoms with Crippen LogP contribution in [0.5, 0.6) is 0 Å². The number of rotatable bonds is 9. The number of ether oxygens (including phenoxy) is 1. The Morgan fingerprint density at radius 2 is 2.05 bits per heavy atom. The smallest absolute Gasteiger partial charge is 0.238 e. The number of benzene rings is 1. The van der Waals surface area contributed by atoms with E-state index in [9.17, 15) is 9.59 Å². The number of amides is 2. The van der Waals surface area contributed by atoms with Crippen LogP contribution in [-0.4, -0.2) is 44.4 Å². The molecule has 0 aliphatic carbocycles. The molecule has 0 unspecified atom stereocenters. The Hall–Kier alpha value is -1.28. The topological polar surface area (TPSA) is 93.4 Å². The van der Waals surface area contributed by atoms with Crippen LogP contribution in [0.15, 0.2) is 29.2 Å². The Morgan fingerprint density at radius 3 is 2.71 bits per heavy atom. The standard InChI is InChI=1S/C13H19N3O3S.ClH/c1-19-7-6-15-8-13(18)16-10-4-2-3-5-11(10)20-9-12(14)17;/h2-5,15H,6-9H2,1H3,(H2,14,17)(H,16,18);1H. The van der Waals surface area contributed by atoms with Gasteiger partial charge < -0.3 is 21.1 Å². The van der Waals surface area contributed by atoms with E-state index in [0.717, 1.165) is 4.90 Å². The minimum absolute atomic E-state index is 0. The molecule has 0 saturated heterocycles. The highest BCUT2D eigenvalue weighted by atomic mass is 35.5. The fourth-order valence-electron chi connectivity index (χ4n) is 1.42. The minimum atomic E-state index is -0.391. The molecule has 2 amide bonds. The number of carbonyl (C=O) groups excluding carboxylic acids is 2. The number of nitrogens with two attached hydrogens (primary N) is 1. The van der Waals surface area contributed by atoms with Gasteiger partial charge in [-0.25, -0.2) is 0 Å². The molecule has 0 bridgehead atoms. The van der Waals surface area contributed by atoms with E-state index in [2.05, 4.69) is 10.6 Å². The molecule has 1 aromatic rings. The van der Waals surface area contributed by atoms with Crippen LogP contribution < -0.4 is 16.4 Å². The minimum Gasteiger partial charge on any atom is -0.383 e. The zero-order valence-corrected chi connectivity index (χ0v) is 13.4. The molecule has 118 valence electrons. The van der Waals surface area contributed by atoms with Crippen LogP contribution in [0, 0.1) is 0 Å². The molecule has 0 spiro atoms. The number of carbonyl (C=O) groups is 2. The quantitative estimate of drug-likeness (QED) is 0.460. The van der Waals surface area contributed by atoms with Gasteiger partial charge in [0.25, 0.3) is 0 Å². The van der Waals surface area contributed by atoms with Crippen molar-refractivity contribution in [3.05, 3.63) is 24.3 Å². The Morgan fingerprint density at radius 1 is 1.33 bits per heavy atom. The van der Waals surface area contributed by atoms with Crippen molar-refractivity contribution in [3.63, 3.8) is 0 Å². The summed E-state index contributed by atoms with van der Waals surface area (Å²) < 4.78 is 4.87. The monoisotopic (exact) mass is 333 g/mol. The van der Waals surface area contributed by atoms with Crippen LogP contribution in [-0.2, 0) is 14.3 Å². The van der Waals surface area contributed by atoms with E-state index in [4.69, 9.17) is 10.5 Å². The van der Waals surface area contributed by atoms with Gasteiger partial charge in [-0.1, -0.05) is 12.1 Å². The van der Waals surface area contributed by atoms with Gasteiger partial charge in [-0.3, -0.25) is 9.59 Å². The molecule has 0 atom stereocenters. The van der Waals surface area contributed by atoms with Crippen molar-refractivity contribution in [2.24, 2.45) is 5.73 Å². The van der Waals surface area contributed by atoms with Gasteiger partial charge in [0.1, 0.15) is 0 Å². The van der Waals surface area contributed by atoms with Crippen LogP contribution >= 0.6 is 24.2 Å². The Labute approximate surface area is 134 Å². The molecule has 4 N–H and O–H groups in total. The second kappa shape index (κ2) is 11.4. The van der Waals surface area contributed by atoms with E-state index in [-0.39, 0.29) is 30.6 Å². The van der Waals surface area contributed by atoms with Gasteiger partial charge in [-0.2, -0.15) is 0 Å². The molecule has 0 aliphatic heterocycles. The van der Waals surface area contributed by atoms with Gasteiger partial charge in [0.2, 0.25) is 11.8 Å². The first kappa shape index (κ1) is 19.7. The van der Waals surface area contributed by atoms with Gasteiger partial charge in [-0.15, -0.1) is 24.2 Å². The summed E-state index contributed by atoms with van der Waals surface area (Å²) >= 11 is 1.30. The molecule has 0 saturated carbocycles. The first-order valence-corrected chi connectivity index (χ1v) is 7.11. The number of halogens is 1. The number of hydrogen-bond acceptors (Lipinski definition) is 5. The van der Waals surface area contributed by atoms with E-state index in [1.54, 1.807) is 13.2 Å². The highest BCUT2D eigenvalue weighted by Gasteiger charge is 2.07. The van der Waals surface area contributed by atoms with Crippen molar-refractivity contribution in [3.8, 4) is 0 Å². The third-order valence-corrected chi connectivity index (χ3v) is 3.40. The lowest BCUT2D eigenvalue weighted by atomic mass is 10.3. The van der Waals surface area contributed by atoms with E-state index < -0.39 is 5.91 Å². The van der Waals surface area contributed by atoms with Crippen LogP contribution in [0.2, 0.25) is 0 Å². The molecule has 6 nitrogen and oxygen atoms in total. The zero-order chi connectivity index (χ0) is 14.8. The van der Waals surface area contributed by atoms with Crippen molar-refractivity contribution in [2.45, 2.75) is 4.90 Å². The highest BCUT2D eigenvalue weighted by Crippen LogP contribution is 2.26. The molecular formula is C13H20ClN3O3S. The lowest BCUT2D eigenvalue weighted by molar-refractivity contribution is -0.116. The molecule has 1 rings (SSSR count). The number of primary amides is 1. The van der Waals surface area contributed by atoms with Crippen LogP contribution in [0.25, 0.3) is 0 Å². The predicted molar refractivity (Wildman–Crippen MR) is 87.0 cm³/mol. The Balaban J connectivity index is 0.00000400. The largest absolute Gasteiger partial charge is 0.383 e. The van der Waals surface area contributed by atoms with Gasteiger partial charge in [0.05, 0.1) is 24.6 Å². The summed E-state index contributed by atoms with van der Waals surface area (Å²) in [5, 5.41) is 5.75.